The highest BCUT2D eigenvalue weighted by atomic mass is 16.5. The van der Waals surface area contributed by atoms with Crippen LogP contribution in [0.2, 0.25) is 0 Å². The van der Waals surface area contributed by atoms with Gasteiger partial charge in [-0.15, -0.1) is 0 Å². The van der Waals surface area contributed by atoms with Crippen LogP contribution in [0, 0.1) is 0 Å². The van der Waals surface area contributed by atoms with E-state index in [0.29, 0.717) is 12.1 Å². The van der Waals surface area contributed by atoms with E-state index in [1.54, 1.807) is 12.1 Å². The number of hydrogen-bond donors (Lipinski definition) is 3. The Morgan fingerprint density at radius 3 is 2.48 bits per heavy atom. The number of nitrogens with zero attached hydrogens (tertiary/aromatic N) is 1. The zero-order valence-electron chi connectivity index (χ0n) is 18.1. The van der Waals surface area contributed by atoms with Crippen LogP contribution in [0.15, 0.2) is 82.4 Å². The molecule has 0 radical (unpaired) electrons. The summed E-state index contributed by atoms with van der Waals surface area (Å²) in [4.78, 5) is 40.9. The number of H-pyrrole nitrogens is 1. The Bertz CT molecular complexity index is 1390. The van der Waals surface area contributed by atoms with Crippen LogP contribution in [0.1, 0.15) is 15.9 Å². The first kappa shape index (κ1) is 22.0. The number of fused-ring (bicyclic) bond motifs is 1. The van der Waals surface area contributed by atoms with Gasteiger partial charge in [0.15, 0.2) is 0 Å². The monoisotopic (exact) mass is 444 g/mol. The second kappa shape index (κ2) is 9.97. The molecule has 0 spiro atoms. The molecule has 4 aromatic rings. The Morgan fingerprint density at radius 2 is 1.70 bits per heavy atom. The molecule has 1 heterocycles. The molecule has 3 N–H and O–H groups in total. The lowest BCUT2D eigenvalue weighted by molar-refractivity contribution is 0.102. The predicted molar refractivity (Wildman–Crippen MR) is 129 cm³/mol. The van der Waals surface area contributed by atoms with Crippen LogP contribution in [0.3, 0.4) is 0 Å². The van der Waals surface area contributed by atoms with E-state index in [1.165, 1.54) is 11.7 Å². The topological polar surface area (TPSA) is 105 Å². The number of carbonyl (C=O) groups is 1. The molecular weight excluding hydrogens is 420 g/mol. The summed E-state index contributed by atoms with van der Waals surface area (Å²) < 4.78 is 6.41. The van der Waals surface area contributed by atoms with Crippen molar-refractivity contribution in [2.45, 2.75) is 13.1 Å². The van der Waals surface area contributed by atoms with Crippen LogP contribution in [0.25, 0.3) is 10.8 Å². The molecule has 168 valence electrons. The molecule has 0 aliphatic rings. The minimum absolute atomic E-state index is 0.0923. The SMILES string of the molecule is COCCn1c(NC(=O)c2cccc3ccccc23)c(NCc2ccccc2)c(=O)[nH]c1=O. The highest BCUT2D eigenvalue weighted by Gasteiger charge is 2.19. The Hall–Kier alpha value is -4.17. The van der Waals surface area contributed by atoms with Crippen LogP contribution in [0.5, 0.6) is 0 Å². The zero-order chi connectivity index (χ0) is 23.2. The van der Waals surface area contributed by atoms with Crippen molar-refractivity contribution < 1.29 is 9.53 Å². The maximum Gasteiger partial charge on any atom is 0.330 e. The largest absolute Gasteiger partial charge is 0.383 e. The first-order valence-electron chi connectivity index (χ1n) is 10.5. The average Bonchev–Trinajstić information content (AvgIpc) is 2.83. The number of aromatic nitrogens is 2. The maximum absolute atomic E-state index is 13.3. The molecule has 8 nitrogen and oxygen atoms in total. The molecule has 0 aliphatic carbocycles. The summed E-state index contributed by atoms with van der Waals surface area (Å²) in [5.74, 6) is -0.333. The van der Waals surface area contributed by atoms with E-state index in [2.05, 4.69) is 15.6 Å². The number of ether oxygens (including phenoxy) is 1. The summed E-state index contributed by atoms with van der Waals surface area (Å²) in [5.41, 5.74) is 0.238. The number of aromatic amines is 1. The van der Waals surface area contributed by atoms with E-state index < -0.39 is 17.2 Å². The molecule has 3 aromatic carbocycles. The van der Waals surface area contributed by atoms with Gasteiger partial charge in [-0.3, -0.25) is 19.1 Å². The van der Waals surface area contributed by atoms with Crippen molar-refractivity contribution in [3.05, 3.63) is 105 Å². The van der Waals surface area contributed by atoms with Gasteiger partial charge in [-0.2, -0.15) is 0 Å². The highest BCUT2D eigenvalue weighted by molar-refractivity contribution is 6.13. The lowest BCUT2D eigenvalue weighted by Crippen LogP contribution is -2.36. The lowest BCUT2D eigenvalue weighted by Gasteiger charge is -2.18. The number of methoxy groups -OCH3 is 1. The maximum atomic E-state index is 13.3. The van der Waals surface area contributed by atoms with Crippen molar-refractivity contribution in [2.75, 3.05) is 24.4 Å². The van der Waals surface area contributed by atoms with E-state index in [0.717, 1.165) is 16.3 Å². The van der Waals surface area contributed by atoms with Crippen molar-refractivity contribution in [3.63, 3.8) is 0 Å². The number of anilines is 2. The van der Waals surface area contributed by atoms with Gasteiger partial charge in [0.1, 0.15) is 11.5 Å². The van der Waals surface area contributed by atoms with Gasteiger partial charge in [-0.25, -0.2) is 4.79 Å². The van der Waals surface area contributed by atoms with Crippen LogP contribution in [-0.4, -0.2) is 29.2 Å². The molecular formula is C25H24N4O4. The fourth-order valence-corrected chi connectivity index (χ4v) is 3.65. The number of nitrogens with one attached hydrogen (secondary N) is 3. The average molecular weight is 444 g/mol. The van der Waals surface area contributed by atoms with Crippen molar-refractivity contribution in [1.29, 1.82) is 0 Å². The summed E-state index contributed by atoms with van der Waals surface area (Å²) in [6, 6.07) is 22.5. The van der Waals surface area contributed by atoms with Crippen LogP contribution in [0.4, 0.5) is 11.5 Å². The van der Waals surface area contributed by atoms with Gasteiger partial charge in [-0.1, -0.05) is 66.7 Å². The molecule has 4 rings (SSSR count). The summed E-state index contributed by atoms with van der Waals surface area (Å²) in [7, 11) is 1.51. The van der Waals surface area contributed by atoms with Crippen molar-refractivity contribution in [1.82, 2.24) is 9.55 Å². The van der Waals surface area contributed by atoms with Gasteiger partial charge in [0.25, 0.3) is 11.5 Å². The standard InChI is InChI=1S/C25H24N4O4/c1-33-15-14-29-22(27-23(30)20-13-7-11-18-10-5-6-12-19(18)20)21(24(31)28-25(29)32)26-16-17-8-3-2-4-9-17/h2-13,26H,14-16H2,1H3,(H,27,30)(H,28,31,32). The first-order valence-corrected chi connectivity index (χ1v) is 10.5. The Balaban J connectivity index is 1.76. The molecule has 0 saturated carbocycles. The fraction of sp³-hybridized carbons (Fsp3) is 0.160. The second-order valence-corrected chi connectivity index (χ2v) is 7.45. The normalized spacial score (nSPS) is 10.8. The molecule has 0 unspecified atom stereocenters. The second-order valence-electron chi connectivity index (χ2n) is 7.45. The number of rotatable bonds is 8. The van der Waals surface area contributed by atoms with Gasteiger partial charge in [0, 0.05) is 19.2 Å². The molecule has 1 amide bonds. The third-order valence-electron chi connectivity index (χ3n) is 5.30. The lowest BCUT2D eigenvalue weighted by atomic mass is 10.0. The quantitative estimate of drug-likeness (QED) is 0.387. The number of benzene rings is 3. The van der Waals surface area contributed by atoms with Gasteiger partial charge in [0.05, 0.1) is 13.2 Å². The number of hydrogen-bond acceptors (Lipinski definition) is 5. The molecule has 1 aromatic heterocycles. The van der Waals surface area contributed by atoms with Gasteiger partial charge in [-0.05, 0) is 22.4 Å². The molecule has 0 bridgehead atoms. The highest BCUT2D eigenvalue weighted by Crippen LogP contribution is 2.22. The molecule has 0 saturated heterocycles. The molecule has 0 atom stereocenters. The minimum Gasteiger partial charge on any atom is -0.383 e. The summed E-state index contributed by atoms with van der Waals surface area (Å²) in [6.07, 6.45) is 0. The third-order valence-corrected chi connectivity index (χ3v) is 5.30. The number of amides is 1. The zero-order valence-corrected chi connectivity index (χ0v) is 18.1. The van der Waals surface area contributed by atoms with E-state index in [4.69, 9.17) is 4.74 Å². The molecule has 0 aliphatic heterocycles. The number of carbonyl (C=O) groups excluding carboxylic acids is 1. The van der Waals surface area contributed by atoms with Crippen LogP contribution < -0.4 is 21.9 Å². The van der Waals surface area contributed by atoms with Crippen molar-refractivity contribution >= 4 is 28.2 Å². The predicted octanol–water partition coefficient (Wildman–Crippen LogP) is 3.20. The smallest absolute Gasteiger partial charge is 0.330 e. The fourth-order valence-electron chi connectivity index (χ4n) is 3.65. The van der Waals surface area contributed by atoms with E-state index in [9.17, 15) is 14.4 Å². The van der Waals surface area contributed by atoms with E-state index in [1.807, 2.05) is 60.7 Å². The third kappa shape index (κ3) is 4.86. The van der Waals surface area contributed by atoms with Crippen LogP contribution >= 0.6 is 0 Å². The van der Waals surface area contributed by atoms with Gasteiger partial charge < -0.3 is 15.4 Å². The summed E-state index contributed by atoms with van der Waals surface area (Å²) in [5, 5.41) is 7.56. The molecule has 8 heteroatoms. The Morgan fingerprint density at radius 1 is 0.970 bits per heavy atom. The van der Waals surface area contributed by atoms with Crippen molar-refractivity contribution in [2.24, 2.45) is 0 Å². The van der Waals surface area contributed by atoms with E-state index >= 15 is 0 Å². The van der Waals surface area contributed by atoms with Crippen molar-refractivity contribution in [3.8, 4) is 0 Å². The van der Waals surface area contributed by atoms with Gasteiger partial charge in [0.2, 0.25) is 0 Å². The Labute approximate surface area is 189 Å². The molecule has 0 fully saturated rings. The minimum atomic E-state index is -0.629. The van der Waals surface area contributed by atoms with E-state index in [-0.39, 0.29) is 24.7 Å². The summed E-state index contributed by atoms with van der Waals surface area (Å²) >= 11 is 0. The Kier molecular flexibility index (Phi) is 6.66. The summed E-state index contributed by atoms with van der Waals surface area (Å²) in [6.45, 7) is 0.710. The van der Waals surface area contributed by atoms with Crippen LogP contribution in [-0.2, 0) is 17.8 Å². The van der Waals surface area contributed by atoms with Gasteiger partial charge >= 0.3 is 5.69 Å². The molecule has 33 heavy (non-hydrogen) atoms. The first-order chi connectivity index (χ1) is 16.1.